The topological polar surface area (TPSA) is 29.5 Å². The Morgan fingerprint density at radius 3 is 2.60 bits per heavy atom. The molecule has 104 valence electrons. The number of halogens is 1. The highest BCUT2D eigenvalue weighted by atomic mass is 35.5. The number of hydrogen-bond acceptors (Lipinski definition) is 2. The van der Waals surface area contributed by atoms with Gasteiger partial charge in [-0.2, -0.15) is 0 Å². The van der Waals surface area contributed by atoms with Crippen molar-refractivity contribution in [1.29, 1.82) is 0 Å². The van der Waals surface area contributed by atoms with Crippen LogP contribution in [0.2, 0.25) is 5.02 Å². The van der Waals surface area contributed by atoms with E-state index >= 15 is 0 Å². The molecule has 2 rings (SSSR count). The summed E-state index contributed by atoms with van der Waals surface area (Å²) in [7, 11) is 3.44. The minimum Gasteiger partial charge on any atom is -0.488 e. The maximum atomic E-state index is 12.1. The van der Waals surface area contributed by atoms with Crippen LogP contribution in [0.3, 0.4) is 0 Å². The summed E-state index contributed by atoms with van der Waals surface area (Å²) < 4.78 is 5.74. The predicted molar refractivity (Wildman–Crippen MR) is 80.2 cm³/mol. The van der Waals surface area contributed by atoms with Gasteiger partial charge in [0.05, 0.1) is 5.56 Å². The largest absolute Gasteiger partial charge is 0.488 e. The molecule has 2 aromatic rings. The predicted octanol–water partition coefficient (Wildman–Crippen LogP) is 3.62. The smallest absolute Gasteiger partial charge is 0.257 e. The van der Waals surface area contributed by atoms with Crippen molar-refractivity contribution in [2.24, 2.45) is 0 Å². The van der Waals surface area contributed by atoms with Crippen LogP contribution in [-0.2, 0) is 6.61 Å². The molecule has 0 fully saturated rings. The van der Waals surface area contributed by atoms with Gasteiger partial charge >= 0.3 is 0 Å². The highest BCUT2D eigenvalue weighted by Gasteiger charge is 2.13. The quantitative estimate of drug-likeness (QED) is 0.860. The first-order chi connectivity index (χ1) is 9.58. The fraction of sp³-hybridized carbons (Fsp3) is 0.188. The third-order valence-electron chi connectivity index (χ3n) is 2.81. The van der Waals surface area contributed by atoms with E-state index in [4.69, 9.17) is 16.3 Å². The minimum atomic E-state index is -0.0771. The molecular weight excluding hydrogens is 274 g/mol. The van der Waals surface area contributed by atoms with Gasteiger partial charge in [-0.15, -0.1) is 0 Å². The van der Waals surface area contributed by atoms with Gasteiger partial charge in [0.15, 0.2) is 0 Å². The first-order valence-corrected chi connectivity index (χ1v) is 6.63. The van der Waals surface area contributed by atoms with Crippen molar-refractivity contribution in [3.63, 3.8) is 0 Å². The van der Waals surface area contributed by atoms with E-state index in [1.54, 1.807) is 26.2 Å². The maximum absolute atomic E-state index is 12.1. The molecule has 4 heteroatoms. The number of rotatable bonds is 4. The number of hydrogen-bond donors (Lipinski definition) is 0. The molecular formula is C16H16ClNO2. The molecule has 3 nitrogen and oxygen atoms in total. The second-order valence-corrected chi connectivity index (χ2v) is 5.05. The number of ether oxygens (including phenoxy) is 1. The summed E-state index contributed by atoms with van der Waals surface area (Å²) in [4.78, 5) is 13.6. The van der Waals surface area contributed by atoms with E-state index in [2.05, 4.69) is 0 Å². The molecule has 0 aliphatic carbocycles. The Balaban J connectivity index is 2.16. The zero-order chi connectivity index (χ0) is 14.5. The molecule has 0 aliphatic heterocycles. The third-order valence-corrected chi connectivity index (χ3v) is 3.04. The van der Waals surface area contributed by atoms with Crippen molar-refractivity contribution in [3.8, 4) is 5.75 Å². The summed E-state index contributed by atoms with van der Waals surface area (Å²) >= 11 is 5.93. The Labute approximate surface area is 123 Å². The molecule has 0 aliphatic rings. The van der Waals surface area contributed by atoms with Crippen LogP contribution < -0.4 is 4.74 Å². The first kappa shape index (κ1) is 14.4. The third kappa shape index (κ3) is 3.52. The Bertz CT molecular complexity index is 611. The van der Waals surface area contributed by atoms with E-state index in [9.17, 15) is 4.79 Å². The van der Waals surface area contributed by atoms with Crippen molar-refractivity contribution in [1.82, 2.24) is 4.90 Å². The minimum absolute atomic E-state index is 0.0771. The van der Waals surface area contributed by atoms with Crippen LogP contribution in [0, 0.1) is 0 Å². The van der Waals surface area contributed by atoms with Gasteiger partial charge in [-0.25, -0.2) is 0 Å². The van der Waals surface area contributed by atoms with Crippen LogP contribution in [0.4, 0.5) is 0 Å². The van der Waals surface area contributed by atoms with Crippen LogP contribution in [0.5, 0.6) is 5.75 Å². The summed E-state index contributed by atoms with van der Waals surface area (Å²) in [5.74, 6) is 0.498. The molecule has 20 heavy (non-hydrogen) atoms. The van der Waals surface area contributed by atoms with Crippen LogP contribution in [0.25, 0.3) is 0 Å². The molecule has 0 heterocycles. The summed E-state index contributed by atoms with van der Waals surface area (Å²) in [6, 6.07) is 14.7. The maximum Gasteiger partial charge on any atom is 0.257 e. The monoisotopic (exact) mass is 289 g/mol. The lowest BCUT2D eigenvalue weighted by molar-refractivity contribution is 0.0822. The molecule has 0 atom stereocenters. The van der Waals surface area contributed by atoms with Gasteiger partial charge in [0.1, 0.15) is 12.4 Å². The van der Waals surface area contributed by atoms with E-state index < -0.39 is 0 Å². The number of carbonyl (C=O) groups excluding carboxylic acids is 1. The summed E-state index contributed by atoms with van der Waals surface area (Å²) in [5.41, 5.74) is 1.52. The van der Waals surface area contributed by atoms with Crippen LogP contribution >= 0.6 is 11.6 Å². The number of carbonyl (C=O) groups is 1. The first-order valence-electron chi connectivity index (χ1n) is 6.26. The molecule has 0 saturated heterocycles. The summed E-state index contributed by atoms with van der Waals surface area (Å²) in [6.45, 7) is 0.373. The second-order valence-electron chi connectivity index (χ2n) is 4.61. The van der Waals surface area contributed by atoms with E-state index in [-0.39, 0.29) is 5.91 Å². The van der Waals surface area contributed by atoms with Gasteiger partial charge in [-0.1, -0.05) is 35.9 Å². The number of nitrogens with zero attached hydrogens (tertiary/aromatic N) is 1. The Morgan fingerprint density at radius 2 is 1.90 bits per heavy atom. The lowest BCUT2D eigenvalue weighted by Crippen LogP contribution is -2.22. The Hall–Kier alpha value is -2.00. The van der Waals surface area contributed by atoms with E-state index in [0.717, 1.165) is 5.56 Å². The number of benzene rings is 2. The zero-order valence-electron chi connectivity index (χ0n) is 11.5. The van der Waals surface area contributed by atoms with Gasteiger partial charge in [-0.3, -0.25) is 4.79 Å². The number of amides is 1. The van der Waals surface area contributed by atoms with Gasteiger partial charge in [0.2, 0.25) is 0 Å². The highest BCUT2D eigenvalue weighted by molar-refractivity contribution is 6.30. The summed E-state index contributed by atoms with van der Waals surface area (Å²) in [6.07, 6.45) is 0. The molecule has 1 amide bonds. The second kappa shape index (κ2) is 6.44. The highest BCUT2D eigenvalue weighted by Crippen LogP contribution is 2.21. The van der Waals surface area contributed by atoms with Crippen LogP contribution in [0.15, 0.2) is 48.5 Å². The van der Waals surface area contributed by atoms with E-state index in [1.165, 1.54) is 4.90 Å². The van der Waals surface area contributed by atoms with Gasteiger partial charge < -0.3 is 9.64 Å². The van der Waals surface area contributed by atoms with Crippen molar-refractivity contribution in [2.45, 2.75) is 6.61 Å². The average molecular weight is 290 g/mol. The number of para-hydroxylation sites is 1. The van der Waals surface area contributed by atoms with Crippen molar-refractivity contribution >= 4 is 17.5 Å². The van der Waals surface area contributed by atoms with Crippen molar-refractivity contribution in [2.75, 3.05) is 14.1 Å². The molecule has 0 bridgehead atoms. The van der Waals surface area contributed by atoms with Crippen LogP contribution in [-0.4, -0.2) is 24.9 Å². The van der Waals surface area contributed by atoms with Gasteiger partial charge in [0.25, 0.3) is 5.91 Å². The molecule has 0 radical (unpaired) electrons. The average Bonchev–Trinajstić information content (AvgIpc) is 2.44. The lowest BCUT2D eigenvalue weighted by atomic mass is 10.2. The molecule has 0 spiro atoms. The van der Waals surface area contributed by atoms with E-state index in [0.29, 0.717) is 22.9 Å². The molecule has 0 saturated carbocycles. The van der Waals surface area contributed by atoms with Crippen molar-refractivity contribution < 1.29 is 9.53 Å². The van der Waals surface area contributed by atoms with Gasteiger partial charge in [0, 0.05) is 19.1 Å². The fourth-order valence-corrected chi connectivity index (χ4v) is 2.01. The standard InChI is InChI=1S/C16H16ClNO2/c1-18(2)16(19)14-8-3-4-9-15(14)20-11-12-6-5-7-13(17)10-12/h3-10H,11H2,1-2H3. The van der Waals surface area contributed by atoms with Gasteiger partial charge in [-0.05, 0) is 29.8 Å². The van der Waals surface area contributed by atoms with Crippen LogP contribution in [0.1, 0.15) is 15.9 Å². The molecule has 0 unspecified atom stereocenters. The zero-order valence-corrected chi connectivity index (χ0v) is 12.2. The lowest BCUT2D eigenvalue weighted by Gasteiger charge is -2.14. The molecule has 0 N–H and O–H groups in total. The SMILES string of the molecule is CN(C)C(=O)c1ccccc1OCc1cccc(Cl)c1. The molecule has 2 aromatic carbocycles. The Morgan fingerprint density at radius 1 is 1.15 bits per heavy atom. The fourth-order valence-electron chi connectivity index (χ4n) is 1.80. The summed E-state index contributed by atoms with van der Waals surface area (Å²) in [5, 5.41) is 0.670. The molecule has 0 aromatic heterocycles. The Kier molecular flexibility index (Phi) is 4.64. The van der Waals surface area contributed by atoms with E-state index in [1.807, 2.05) is 36.4 Å². The van der Waals surface area contributed by atoms with Crippen molar-refractivity contribution in [3.05, 3.63) is 64.7 Å². The normalized spacial score (nSPS) is 10.2.